The molecule has 0 aliphatic rings. The van der Waals surface area contributed by atoms with Crippen LogP contribution in [0.3, 0.4) is 0 Å². The summed E-state index contributed by atoms with van der Waals surface area (Å²) in [6, 6.07) is 37.5. The predicted octanol–water partition coefficient (Wildman–Crippen LogP) is 9.95. The van der Waals surface area contributed by atoms with Crippen molar-refractivity contribution in [1.29, 1.82) is 0 Å². The molecule has 0 amide bonds. The molecule has 0 saturated heterocycles. The molecule has 0 aliphatic carbocycles. The Hall–Kier alpha value is -6.68. The van der Waals surface area contributed by atoms with Gasteiger partial charge in [-0.3, -0.25) is 9.59 Å². The van der Waals surface area contributed by atoms with E-state index in [9.17, 15) is 19.2 Å². The molecule has 5 rings (SSSR count). The van der Waals surface area contributed by atoms with Crippen LogP contribution in [0.5, 0.6) is 28.7 Å². The number of esters is 4. The first kappa shape index (κ1) is 42.5. The molecule has 0 bridgehead atoms. The van der Waals surface area contributed by atoms with Crippen molar-refractivity contribution in [1.82, 2.24) is 0 Å². The van der Waals surface area contributed by atoms with E-state index in [2.05, 4.69) is 0 Å². The van der Waals surface area contributed by atoms with Crippen LogP contribution in [0.15, 0.2) is 133 Å². The van der Waals surface area contributed by atoms with Gasteiger partial charge in [-0.05, 0) is 128 Å². The molecule has 58 heavy (non-hydrogen) atoms. The topological polar surface area (TPSA) is 124 Å². The van der Waals surface area contributed by atoms with E-state index in [0.29, 0.717) is 60.2 Å². The van der Waals surface area contributed by atoms with E-state index in [1.165, 1.54) is 6.08 Å². The van der Waals surface area contributed by atoms with Crippen LogP contribution in [-0.2, 0) is 19.1 Å². The van der Waals surface area contributed by atoms with Gasteiger partial charge in [-0.25, -0.2) is 9.59 Å². The number of ether oxygens (including phenoxy) is 6. The number of benzene rings is 5. The minimum atomic E-state index is -0.941. The highest BCUT2D eigenvalue weighted by Gasteiger charge is 2.37. The first-order valence-electron chi connectivity index (χ1n) is 19.2. The monoisotopic (exact) mass is 784 g/mol. The third-order valence-corrected chi connectivity index (χ3v) is 9.53. The van der Waals surface area contributed by atoms with Crippen molar-refractivity contribution in [3.8, 4) is 39.9 Å². The molecule has 2 unspecified atom stereocenters. The average Bonchev–Trinajstić information content (AvgIpc) is 3.25. The highest BCUT2D eigenvalue weighted by molar-refractivity contribution is 5.91. The Morgan fingerprint density at radius 3 is 1.81 bits per heavy atom. The maximum atomic E-state index is 13.3. The zero-order valence-corrected chi connectivity index (χ0v) is 33.2. The first-order chi connectivity index (χ1) is 28.0. The van der Waals surface area contributed by atoms with E-state index in [1.54, 1.807) is 99.8 Å². The molecule has 0 saturated carbocycles. The van der Waals surface area contributed by atoms with Gasteiger partial charge in [0.15, 0.2) is 0 Å². The van der Waals surface area contributed by atoms with Crippen LogP contribution >= 0.6 is 0 Å². The molecule has 10 nitrogen and oxygen atoms in total. The lowest BCUT2D eigenvalue weighted by Crippen LogP contribution is -2.35. The Balaban J connectivity index is 0.980. The van der Waals surface area contributed by atoms with E-state index < -0.39 is 35.2 Å². The van der Waals surface area contributed by atoms with Crippen LogP contribution in [0.4, 0.5) is 0 Å². The smallest absolute Gasteiger partial charge is 0.343 e. The van der Waals surface area contributed by atoms with Crippen molar-refractivity contribution in [2.45, 2.75) is 46.5 Å². The predicted molar refractivity (Wildman–Crippen MR) is 221 cm³/mol. The largest absolute Gasteiger partial charge is 0.497 e. The van der Waals surface area contributed by atoms with E-state index in [4.69, 9.17) is 28.4 Å². The summed E-state index contributed by atoms with van der Waals surface area (Å²) in [4.78, 5) is 51.0. The molecule has 0 fully saturated rings. The molecule has 0 aliphatic heterocycles. The van der Waals surface area contributed by atoms with Gasteiger partial charge in [0.2, 0.25) is 0 Å². The highest BCUT2D eigenvalue weighted by atomic mass is 16.5. The number of carbonyl (C=O) groups is 4. The average molecular weight is 785 g/mol. The number of carbonyl (C=O) groups excluding carboxylic acids is 4. The number of hydrogen-bond acceptors (Lipinski definition) is 10. The van der Waals surface area contributed by atoms with Crippen molar-refractivity contribution in [3.05, 3.63) is 145 Å². The van der Waals surface area contributed by atoms with Gasteiger partial charge in [-0.1, -0.05) is 68.4 Å². The molecule has 0 radical (unpaired) electrons. The highest BCUT2D eigenvalue weighted by Crippen LogP contribution is 2.33. The summed E-state index contributed by atoms with van der Waals surface area (Å²) in [7, 11) is 1.56. The summed E-state index contributed by atoms with van der Waals surface area (Å²) in [5.41, 5.74) is 2.50. The molecule has 300 valence electrons. The van der Waals surface area contributed by atoms with Gasteiger partial charge in [0.25, 0.3) is 0 Å². The second-order valence-electron chi connectivity index (χ2n) is 13.9. The Bertz CT molecular complexity index is 2130. The van der Waals surface area contributed by atoms with E-state index in [1.807, 2.05) is 61.5 Å². The van der Waals surface area contributed by atoms with Gasteiger partial charge in [-0.15, -0.1) is 0 Å². The van der Waals surface area contributed by atoms with Gasteiger partial charge >= 0.3 is 23.9 Å². The molecule has 0 N–H and O–H groups in total. The van der Waals surface area contributed by atoms with Crippen LogP contribution in [0, 0.1) is 11.3 Å². The standard InChI is InChI=1S/C48H48O10/c1-5-48(3,47(52)58-43-28-26-41(27-29-43)56-44(49)30-15-35-13-16-37(17-14-35)36-11-7-6-8-12-36)33-34(2)45(50)55-32-10-9-31-54-40-20-18-38(19-21-40)46(51)57-42-24-22-39(53-4)23-25-42/h6-8,11-30,34H,5,9-10,31-33H2,1-4H3/b30-15+. The van der Waals surface area contributed by atoms with Crippen LogP contribution in [0.2, 0.25) is 0 Å². The molecule has 0 aromatic heterocycles. The van der Waals surface area contributed by atoms with Crippen LogP contribution in [-0.4, -0.2) is 44.2 Å². The van der Waals surface area contributed by atoms with Crippen LogP contribution < -0.4 is 23.7 Å². The maximum Gasteiger partial charge on any atom is 0.343 e. The van der Waals surface area contributed by atoms with Gasteiger partial charge in [0, 0.05) is 6.08 Å². The molecule has 2 atom stereocenters. The van der Waals surface area contributed by atoms with Crippen molar-refractivity contribution in [3.63, 3.8) is 0 Å². The number of rotatable bonds is 19. The fraction of sp³-hybridized carbons (Fsp3) is 0.250. The second kappa shape index (κ2) is 21.0. The number of unbranched alkanes of at least 4 members (excludes halogenated alkanes) is 1. The number of methoxy groups -OCH3 is 1. The second-order valence-corrected chi connectivity index (χ2v) is 13.9. The Kier molecular flexibility index (Phi) is 15.4. The molecule has 5 aromatic rings. The molecule has 0 heterocycles. The SMILES string of the molecule is CCC(C)(CC(C)C(=O)OCCCCOc1ccc(C(=O)Oc2ccc(OC)cc2)cc1)C(=O)Oc1ccc(OC(=O)/C=C/c2ccc(-c3ccccc3)cc2)cc1. The van der Waals surface area contributed by atoms with Gasteiger partial charge in [0.1, 0.15) is 28.7 Å². The molecular weight excluding hydrogens is 737 g/mol. The summed E-state index contributed by atoms with van der Waals surface area (Å²) >= 11 is 0. The minimum Gasteiger partial charge on any atom is -0.497 e. The van der Waals surface area contributed by atoms with Crippen molar-refractivity contribution in [2.24, 2.45) is 11.3 Å². The fourth-order valence-corrected chi connectivity index (χ4v) is 5.87. The summed E-state index contributed by atoms with van der Waals surface area (Å²) in [5.74, 6) is -0.165. The van der Waals surface area contributed by atoms with Gasteiger partial charge in [0.05, 0.1) is 37.2 Å². The first-order valence-corrected chi connectivity index (χ1v) is 19.2. The van der Waals surface area contributed by atoms with E-state index in [0.717, 1.165) is 16.7 Å². The van der Waals surface area contributed by atoms with Crippen molar-refractivity contribution >= 4 is 30.0 Å². The van der Waals surface area contributed by atoms with Crippen molar-refractivity contribution in [2.75, 3.05) is 20.3 Å². The fourth-order valence-electron chi connectivity index (χ4n) is 5.87. The van der Waals surface area contributed by atoms with Crippen LogP contribution in [0.1, 0.15) is 62.4 Å². The third-order valence-electron chi connectivity index (χ3n) is 9.53. The zero-order valence-electron chi connectivity index (χ0n) is 33.2. The molecule has 5 aromatic carbocycles. The normalized spacial score (nSPS) is 12.5. The lowest BCUT2D eigenvalue weighted by Gasteiger charge is -2.28. The van der Waals surface area contributed by atoms with Gasteiger partial charge < -0.3 is 28.4 Å². The quantitative estimate of drug-likeness (QED) is 0.0346. The molecule has 0 spiro atoms. The van der Waals surface area contributed by atoms with Crippen LogP contribution in [0.25, 0.3) is 17.2 Å². The lowest BCUT2D eigenvalue weighted by atomic mass is 9.79. The summed E-state index contributed by atoms with van der Waals surface area (Å²) < 4.78 is 32.9. The maximum absolute atomic E-state index is 13.3. The zero-order chi connectivity index (χ0) is 41.3. The molecule has 10 heteroatoms. The molecular formula is C48H48O10. The lowest BCUT2D eigenvalue weighted by molar-refractivity contribution is -0.152. The summed E-state index contributed by atoms with van der Waals surface area (Å²) in [6.07, 6.45) is 4.95. The minimum absolute atomic E-state index is 0.213. The van der Waals surface area contributed by atoms with Crippen molar-refractivity contribution < 1.29 is 47.6 Å². The Morgan fingerprint density at radius 1 is 0.638 bits per heavy atom. The number of hydrogen-bond donors (Lipinski definition) is 0. The Labute approximate surface area is 339 Å². The Morgan fingerprint density at radius 2 is 1.19 bits per heavy atom. The van der Waals surface area contributed by atoms with Gasteiger partial charge in [-0.2, -0.15) is 0 Å². The third kappa shape index (κ3) is 12.7. The van der Waals surface area contributed by atoms with E-state index in [-0.39, 0.29) is 13.0 Å². The summed E-state index contributed by atoms with van der Waals surface area (Å²) in [5, 5.41) is 0. The van der Waals surface area contributed by atoms with E-state index >= 15 is 0 Å². The summed E-state index contributed by atoms with van der Waals surface area (Å²) in [6.45, 7) is 5.98.